The van der Waals surface area contributed by atoms with Crippen LogP contribution in [0.15, 0.2) is 243 Å². The van der Waals surface area contributed by atoms with Gasteiger partial charge in [0.1, 0.15) is 30.2 Å². The van der Waals surface area contributed by atoms with Gasteiger partial charge in [0.15, 0.2) is 5.71 Å². The minimum Gasteiger partial charge on any atom is -0.372 e. The number of quaternary nitrogens is 1. The zero-order chi connectivity index (χ0) is 77.9. The van der Waals surface area contributed by atoms with E-state index in [1.165, 1.54) is 170 Å². The first-order valence-corrected chi connectivity index (χ1v) is 41.9. The van der Waals surface area contributed by atoms with Crippen molar-refractivity contribution in [1.82, 2.24) is 4.58 Å². The Balaban J connectivity index is 0.000000258. The second-order valence-corrected chi connectivity index (χ2v) is 29.8. The molecule has 1 aliphatic rings. The molecule has 0 atom stereocenters. The Labute approximate surface area is 657 Å². The molecular formula is C96H125ClN8O4+2. The molecule has 0 bridgehead atoms. The van der Waals surface area contributed by atoms with E-state index in [9.17, 15) is 0 Å². The highest BCUT2D eigenvalue weighted by molar-refractivity contribution is 6.18. The third kappa shape index (κ3) is 26.6. The van der Waals surface area contributed by atoms with Crippen molar-refractivity contribution in [3.63, 3.8) is 0 Å². The molecule has 1 aliphatic carbocycles. The van der Waals surface area contributed by atoms with E-state index in [0.29, 0.717) is 0 Å². The number of aryl methyl sites for hydroxylation is 4. The van der Waals surface area contributed by atoms with Crippen LogP contribution < -0.4 is 52.6 Å². The van der Waals surface area contributed by atoms with E-state index in [0.717, 1.165) is 104 Å². The van der Waals surface area contributed by atoms with Crippen LogP contribution in [-0.2, 0) is 0 Å². The summed E-state index contributed by atoms with van der Waals surface area (Å²) in [6.07, 6.45) is 28.7. The highest BCUT2D eigenvalue weighted by atomic mass is 35.7. The fourth-order valence-electron chi connectivity index (χ4n) is 13.7. The van der Waals surface area contributed by atoms with Gasteiger partial charge in [0.2, 0.25) is 17.1 Å². The van der Waals surface area contributed by atoms with Crippen molar-refractivity contribution in [1.29, 1.82) is 0 Å². The summed E-state index contributed by atoms with van der Waals surface area (Å²) >= 11 is 0. The second kappa shape index (κ2) is 45.1. The lowest BCUT2D eigenvalue weighted by Gasteiger charge is -2.27. The minimum atomic E-state index is -4.94. The number of nitrogens with one attached hydrogen (secondary N) is 1. The van der Waals surface area contributed by atoms with Crippen LogP contribution in [0.1, 0.15) is 180 Å². The molecule has 0 unspecified atom stereocenters. The molecule has 9 aromatic rings. The van der Waals surface area contributed by atoms with Gasteiger partial charge in [-0.25, -0.2) is 28.1 Å². The molecular weight excluding hydrogens is 1360 g/mol. The van der Waals surface area contributed by atoms with Gasteiger partial charge >= 0.3 is 0 Å². The summed E-state index contributed by atoms with van der Waals surface area (Å²) < 4.78 is 38.9. The number of anilines is 9. The van der Waals surface area contributed by atoms with Crippen LogP contribution in [0.2, 0.25) is 0 Å². The number of halogens is 1. The van der Waals surface area contributed by atoms with Crippen LogP contribution in [0.25, 0.3) is 0 Å². The van der Waals surface area contributed by atoms with Crippen LogP contribution in [0.5, 0.6) is 0 Å². The van der Waals surface area contributed by atoms with Crippen LogP contribution in [0.4, 0.5) is 79.6 Å². The molecule has 0 amide bonds. The average Bonchev–Trinajstić information content (AvgIpc) is 0.793. The number of rotatable bonds is 38. The van der Waals surface area contributed by atoms with E-state index >= 15 is 0 Å². The third-order valence-electron chi connectivity index (χ3n) is 20.2. The number of hydrogen-bond acceptors (Lipinski definition) is 9. The third-order valence-corrected chi connectivity index (χ3v) is 20.2. The van der Waals surface area contributed by atoms with Gasteiger partial charge in [-0.3, -0.25) is 0 Å². The quantitative estimate of drug-likeness (QED) is 0.0298. The highest BCUT2D eigenvalue weighted by Gasteiger charge is 2.26. The fraction of sp³-hybridized carbons (Fsp3) is 0.375. The van der Waals surface area contributed by atoms with Gasteiger partial charge in [-0.15, -0.1) is 10.2 Å². The van der Waals surface area contributed by atoms with Gasteiger partial charge in [-0.05, 0) is 175 Å². The van der Waals surface area contributed by atoms with Crippen LogP contribution in [0, 0.1) is 37.9 Å². The van der Waals surface area contributed by atoms with Gasteiger partial charge in [0.05, 0.1) is 0 Å². The first-order chi connectivity index (χ1) is 52.9. The second-order valence-electron chi connectivity index (χ2n) is 29.1. The summed E-state index contributed by atoms with van der Waals surface area (Å²) in [5.41, 5.74) is 24.4. The van der Waals surface area contributed by atoms with E-state index in [1.54, 1.807) is 0 Å². The predicted molar refractivity (Wildman–Crippen MR) is 456 cm³/mol. The largest absolute Gasteiger partial charge is 0.372 e. The van der Waals surface area contributed by atoms with Gasteiger partial charge in [0.25, 0.3) is 0 Å². The molecule has 0 heterocycles. The maximum Gasteiger partial charge on any atom is 0.212 e. The van der Waals surface area contributed by atoms with Gasteiger partial charge in [-0.2, -0.15) is 4.58 Å². The lowest BCUT2D eigenvalue weighted by Crippen LogP contribution is -2.96. The Bertz CT molecular complexity index is 4000. The Hall–Kier alpha value is -9.11. The molecule has 0 aliphatic heterocycles. The molecule has 0 aromatic heterocycles. The van der Waals surface area contributed by atoms with Gasteiger partial charge < -0.3 is 24.5 Å². The molecule has 0 spiro atoms. The molecule has 109 heavy (non-hydrogen) atoms. The molecule has 578 valence electrons. The minimum absolute atomic E-state index is 1.10. The van der Waals surface area contributed by atoms with E-state index in [1.807, 2.05) is 0 Å². The zero-order valence-corrected chi connectivity index (χ0v) is 68.5. The van der Waals surface area contributed by atoms with Crippen LogP contribution >= 0.6 is 0 Å². The Morgan fingerprint density at radius 3 is 0.706 bits per heavy atom. The van der Waals surface area contributed by atoms with Crippen molar-refractivity contribution in [2.75, 3.05) is 76.9 Å². The molecule has 0 radical (unpaired) electrons. The van der Waals surface area contributed by atoms with Crippen LogP contribution in [0.3, 0.4) is 0 Å². The SMILES string of the molecule is CCCCN(CCCC)c1ccc([N+](=C2C=CC(=[N+](CCCC)CCCC)C=C2)c2ccc(N(c3ccc(C)cc3)c3ccc(C)cc3)cc2)cc1.CCCCN(CCCC)c1ccc([NH+](c2ccc(N(CCCC)CCCC)cc2)c2ccc(N(c3ccc(C)cc3)c3ccc(C)cc3)cc2)cc1.[O-][Cl+3]([O-])([O-])[O-]. The first kappa shape index (κ1) is 85.5. The first-order valence-electron chi connectivity index (χ1n) is 40.7. The van der Waals surface area contributed by atoms with Crippen molar-refractivity contribution < 1.29 is 38.4 Å². The van der Waals surface area contributed by atoms with E-state index in [4.69, 9.17) is 18.6 Å². The molecule has 10 rings (SSSR count). The standard InChI is InChI=1S/2C48H62N4.ClHO4/c2*1-7-11-35-49(36-12-8-2)41-23-27-45(28-24-41)52(46-29-25-42(26-30-46)50(37-13-9-3)38-14-10-4)48-33-31-47(32-34-48)51(43-19-15-39(5)16-20-43)44-21-17-40(6)18-22-44;2-1(3,4)5/h2*15-34H,7-14,35-38H2,1-6H3;(H,2,3,4,5)/q;+2;. The monoisotopic (exact) mass is 1490 g/mol. The molecule has 9 aromatic carbocycles. The maximum absolute atomic E-state index is 8.49. The number of nitrogens with zero attached hydrogens (tertiary/aromatic N) is 7. The predicted octanol–water partition coefficient (Wildman–Crippen LogP) is 20.6. The molecule has 1 N–H and O–H groups in total. The summed E-state index contributed by atoms with van der Waals surface area (Å²) in [4.78, 5) is 13.7. The normalized spacial score (nSPS) is 11.8. The smallest absolute Gasteiger partial charge is 0.212 e. The summed E-state index contributed by atoms with van der Waals surface area (Å²) in [6, 6.07) is 81.6. The fourth-order valence-corrected chi connectivity index (χ4v) is 13.7. The number of benzene rings is 9. The van der Waals surface area contributed by atoms with E-state index < -0.39 is 10.2 Å². The zero-order valence-electron chi connectivity index (χ0n) is 67.7. The lowest BCUT2D eigenvalue weighted by atomic mass is 10.1. The van der Waals surface area contributed by atoms with Crippen molar-refractivity contribution in [3.8, 4) is 0 Å². The number of unbranched alkanes of at least 4 members (excludes halogenated alkanes) is 8. The molecule has 0 saturated heterocycles. The molecule has 0 fully saturated rings. The summed E-state index contributed by atoms with van der Waals surface area (Å²) in [7, 11) is -4.94. The number of allylic oxidation sites excluding steroid dienone is 4. The Morgan fingerprint density at radius 2 is 0.468 bits per heavy atom. The van der Waals surface area contributed by atoms with Gasteiger partial charge in [0, 0.05) is 188 Å². The maximum atomic E-state index is 8.49. The van der Waals surface area contributed by atoms with Crippen molar-refractivity contribution in [2.45, 2.75) is 186 Å². The van der Waals surface area contributed by atoms with Crippen molar-refractivity contribution >= 4 is 91.0 Å². The Kier molecular flexibility index (Phi) is 35.4. The average molecular weight is 1490 g/mol. The Morgan fingerprint density at radius 1 is 0.266 bits per heavy atom. The molecule has 13 heteroatoms. The number of hydrogen-bond donors (Lipinski definition) is 1. The van der Waals surface area contributed by atoms with E-state index in [2.05, 4.69) is 359 Å². The van der Waals surface area contributed by atoms with E-state index in [-0.39, 0.29) is 0 Å². The van der Waals surface area contributed by atoms with Crippen molar-refractivity contribution in [3.05, 3.63) is 265 Å². The summed E-state index contributed by atoms with van der Waals surface area (Å²) in [5, 5.41) is 0. The lowest BCUT2D eigenvalue weighted by molar-refractivity contribution is -2.00. The summed E-state index contributed by atoms with van der Waals surface area (Å²) in [5.74, 6) is 0. The topological polar surface area (TPSA) is 119 Å². The summed E-state index contributed by atoms with van der Waals surface area (Å²) in [6.45, 7) is 35.7. The van der Waals surface area contributed by atoms with Crippen LogP contribution in [-0.4, -0.2) is 68.4 Å². The highest BCUT2D eigenvalue weighted by Crippen LogP contribution is 2.39. The van der Waals surface area contributed by atoms with Gasteiger partial charge in [-0.1, -0.05) is 178 Å². The van der Waals surface area contributed by atoms with Crippen molar-refractivity contribution in [2.24, 2.45) is 0 Å². The molecule has 12 nitrogen and oxygen atoms in total. The molecule has 0 saturated carbocycles.